The molecule has 4 rings (SSSR count). The van der Waals surface area contributed by atoms with Gasteiger partial charge in [0, 0.05) is 31.7 Å². The number of nitrogens with zero attached hydrogens (tertiary/aromatic N) is 5. The molecule has 1 amide bonds. The molecule has 1 aromatic heterocycles. The molecule has 0 radical (unpaired) electrons. The third-order valence-electron chi connectivity index (χ3n) is 6.93. The fraction of sp³-hybridized carbons (Fsp3) is 0.556. The highest BCUT2D eigenvalue weighted by Crippen LogP contribution is 2.30. The molecule has 37 heavy (non-hydrogen) atoms. The lowest BCUT2D eigenvalue weighted by atomic mass is 10.1. The van der Waals surface area contributed by atoms with E-state index >= 15 is 0 Å². The largest absolute Gasteiger partial charge is 0.481 e. The summed E-state index contributed by atoms with van der Waals surface area (Å²) in [5.41, 5.74) is 8.70. The van der Waals surface area contributed by atoms with Gasteiger partial charge in [0.1, 0.15) is 17.5 Å². The second-order valence-corrected chi connectivity index (χ2v) is 9.86. The zero-order valence-electron chi connectivity index (χ0n) is 21.7. The molecule has 0 bridgehead atoms. The van der Waals surface area contributed by atoms with Gasteiger partial charge in [-0.05, 0) is 56.9 Å². The van der Waals surface area contributed by atoms with Gasteiger partial charge in [-0.15, -0.1) is 0 Å². The number of unbranched alkanes of at least 4 members (excludes halogenated alkanes) is 1. The van der Waals surface area contributed by atoms with E-state index in [9.17, 15) is 9.59 Å². The number of ether oxygens (including phenoxy) is 1. The van der Waals surface area contributed by atoms with Crippen LogP contribution in [-0.2, 0) is 33.7 Å². The molecule has 2 aromatic rings. The van der Waals surface area contributed by atoms with Gasteiger partial charge in [0.2, 0.25) is 5.91 Å². The van der Waals surface area contributed by atoms with Crippen molar-refractivity contribution < 1.29 is 19.4 Å². The SMILES string of the molecule is Cc1nc(N)c2c(n1)N(CCCCN(CCCN1CCOCC1)Cc1cccc(CC(=O)O)c1)C(=O)C2. The average molecular weight is 511 g/mol. The lowest BCUT2D eigenvalue weighted by Gasteiger charge is -2.28. The summed E-state index contributed by atoms with van der Waals surface area (Å²) in [6.45, 7) is 9.62. The normalized spacial score (nSPS) is 15.9. The van der Waals surface area contributed by atoms with Crippen molar-refractivity contribution in [3.8, 4) is 0 Å². The Morgan fingerprint density at radius 2 is 1.86 bits per heavy atom. The van der Waals surface area contributed by atoms with Gasteiger partial charge in [-0.2, -0.15) is 0 Å². The molecule has 0 atom stereocenters. The van der Waals surface area contributed by atoms with Crippen LogP contribution in [0.2, 0.25) is 0 Å². The lowest BCUT2D eigenvalue weighted by molar-refractivity contribution is -0.136. The summed E-state index contributed by atoms with van der Waals surface area (Å²) in [4.78, 5) is 39.1. The molecule has 0 aliphatic carbocycles. The maximum Gasteiger partial charge on any atom is 0.307 e. The molecule has 1 aromatic carbocycles. The second-order valence-electron chi connectivity index (χ2n) is 9.86. The molecule has 1 fully saturated rings. The van der Waals surface area contributed by atoms with Crippen molar-refractivity contribution in [1.29, 1.82) is 0 Å². The zero-order chi connectivity index (χ0) is 26.2. The van der Waals surface area contributed by atoms with E-state index in [0.29, 0.717) is 24.0 Å². The minimum Gasteiger partial charge on any atom is -0.481 e. The first-order valence-corrected chi connectivity index (χ1v) is 13.1. The Balaban J connectivity index is 1.33. The summed E-state index contributed by atoms with van der Waals surface area (Å²) >= 11 is 0. The topological polar surface area (TPSA) is 125 Å². The fourth-order valence-corrected chi connectivity index (χ4v) is 5.08. The van der Waals surface area contributed by atoms with Crippen LogP contribution in [0.5, 0.6) is 0 Å². The first-order chi connectivity index (χ1) is 17.9. The minimum absolute atomic E-state index is 0.0270. The number of aromatic nitrogens is 2. The molecule has 0 saturated carbocycles. The number of carboxylic acids is 1. The van der Waals surface area contributed by atoms with Gasteiger partial charge < -0.3 is 15.6 Å². The number of anilines is 2. The van der Waals surface area contributed by atoms with Gasteiger partial charge in [-0.1, -0.05) is 24.3 Å². The molecule has 2 aliphatic heterocycles. The Labute approximate surface area is 218 Å². The zero-order valence-corrected chi connectivity index (χ0v) is 21.7. The summed E-state index contributed by atoms with van der Waals surface area (Å²) in [5.74, 6) is 0.842. The highest BCUT2D eigenvalue weighted by atomic mass is 16.5. The third kappa shape index (κ3) is 7.70. The number of fused-ring (bicyclic) bond motifs is 1. The Morgan fingerprint density at radius 3 is 2.65 bits per heavy atom. The molecular weight excluding hydrogens is 472 g/mol. The Hall–Kier alpha value is -3.08. The number of aliphatic carboxylic acids is 1. The number of nitrogens with two attached hydrogens (primary N) is 1. The Kier molecular flexibility index (Phi) is 9.43. The van der Waals surface area contributed by atoms with E-state index < -0.39 is 5.97 Å². The van der Waals surface area contributed by atoms with Crippen LogP contribution >= 0.6 is 0 Å². The van der Waals surface area contributed by atoms with Gasteiger partial charge in [0.05, 0.1) is 26.1 Å². The molecule has 10 nitrogen and oxygen atoms in total. The number of benzene rings is 1. The van der Waals surface area contributed by atoms with Crippen molar-refractivity contribution in [3.63, 3.8) is 0 Å². The third-order valence-corrected chi connectivity index (χ3v) is 6.93. The summed E-state index contributed by atoms with van der Waals surface area (Å²) in [5, 5.41) is 9.16. The van der Waals surface area contributed by atoms with Crippen molar-refractivity contribution in [1.82, 2.24) is 19.8 Å². The second kappa shape index (κ2) is 12.9. The number of hydrogen-bond acceptors (Lipinski definition) is 8. The summed E-state index contributed by atoms with van der Waals surface area (Å²) < 4.78 is 5.46. The van der Waals surface area contributed by atoms with Gasteiger partial charge in [0.25, 0.3) is 0 Å². The standard InChI is InChI=1S/C27H38N6O4/c1-20-29-26(28)23-18-24(34)33(27(23)30-20)11-3-2-8-32(10-5-9-31-12-14-37-15-13-31)19-22-7-4-6-21(16-22)17-25(35)36/h4,6-7,16H,2-3,5,8-15,17-19H2,1H3,(H,35,36)(H2,28,29,30). The van der Waals surface area contributed by atoms with Crippen LogP contribution in [-0.4, -0.2) is 89.2 Å². The number of carbonyl (C=O) groups excluding carboxylic acids is 1. The minimum atomic E-state index is -0.820. The van der Waals surface area contributed by atoms with Crippen molar-refractivity contribution in [2.45, 2.75) is 45.6 Å². The molecule has 3 heterocycles. The highest BCUT2D eigenvalue weighted by molar-refractivity contribution is 6.01. The van der Waals surface area contributed by atoms with E-state index in [4.69, 9.17) is 15.6 Å². The van der Waals surface area contributed by atoms with Crippen molar-refractivity contribution in [3.05, 3.63) is 46.8 Å². The first kappa shape index (κ1) is 27.0. The number of rotatable bonds is 13. The van der Waals surface area contributed by atoms with Crippen LogP contribution in [0.25, 0.3) is 0 Å². The number of morpholine rings is 1. The predicted octanol–water partition coefficient (Wildman–Crippen LogP) is 1.89. The van der Waals surface area contributed by atoms with Crippen LogP contribution in [0.3, 0.4) is 0 Å². The van der Waals surface area contributed by atoms with Gasteiger partial charge in [-0.3, -0.25) is 24.3 Å². The molecular formula is C27H38N6O4. The van der Waals surface area contributed by atoms with E-state index in [1.54, 1.807) is 11.8 Å². The number of nitrogen functional groups attached to an aromatic ring is 1. The maximum absolute atomic E-state index is 12.6. The number of carboxylic acid groups (broad SMARTS) is 1. The van der Waals surface area contributed by atoms with Crippen LogP contribution in [0.1, 0.15) is 41.8 Å². The summed E-state index contributed by atoms with van der Waals surface area (Å²) in [7, 11) is 0. The molecule has 200 valence electrons. The van der Waals surface area contributed by atoms with Crippen LogP contribution in [0.15, 0.2) is 24.3 Å². The number of hydrogen-bond donors (Lipinski definition) is 2. The molecule has 3 N–H and O–H groups in total. The van der Waals surface area contributed by atoms with Crippen LogP contribution in [0, 0.1) is 6.92 Å². The Bertz CT molecular complexity index is 1090. The van der Waals surface area contributed by atoms with Crippen molar-refractivity contribution in [2.75, 3.05) is 63.1 Å². The van der Waals surface area contributed by atoms with E-state index in [1.165, 1.54) is 0 Å². The first-order valence-electron chi connectivity index (χ1n) is 13.1. The predicted molar refractivity (Wildman–Crippen MR) is 141 cm³/mol. The summed E-state index contributed by atoms with van der Waals surface area (Å²) in [6.07, 6.45) is 3.14. The molecule has 0 unspecified atom stereocenters. The highest BCUT2D eigenvalue weighted by Gasteiger charge is 2.31. The van der Waals surface area contributed by atoms with Gasteiger partial charge in [0.15, 0.2) is 0 Å². The van der Waals surface area contributed by atoms with E-state index in [2.05, 4.69) is 25.8 Å². The van der Waals surface area contributed by atoms with Crippen LogP contribution < -0.4 is 10.6 Å². The van der Waals surface area contributed by atoms with E-state index in [1.807, 2.05) is 18.2 Å². The van der Waals surface area contributed by atoms with Crippen molar-refractivity contribution >= 4 is 23.5 Å². The fourth-order valence-electron chi connectivity index (χ4n) is 5.08. The number of aryl methyl sites for hydroxylation is 1. The molecule has 2 aliphatic rings. The molecule has 10 heteroatoms. The molecule has 1 saturated heterocycles. The number of amides is 1. The van der Waals surface area contributed by atoms with Gasteiger partial charge >= 0.3 is 5.97 Å². The smallest absolute Gasteiger partial charge is 0.307 e. The average Bonchev–Trinajstić information content (AvgIpc) is 3.17. The monoisotopic (exact) mass is 510 g/mol. The van der Waals surface area contributed by atoms with E-state index in [-0.39, 0.29) is 18.7 Å². The lowest BCUT2D eigenvalue weighted by Crippen LogP contribution is -2.38. The van der Waals surface area contributed by atoms with Crippen molar-refractivity contribution in [2.24, 2.45) is 0 Å². The maximum atomic E-state index is 12.6. The number of carbonyl (C=O) groups is 2. The quantitative estimate of drug-likeness (QED) is 0.389. The Morgan fingerprint density at radius 1 is 1.11 bits per heavy atom. The van der Waals surface area contributed by atoms with E-state index in [0.717, 1.165) is 88.4 Å². The summed E-state index contributed by atoms with van der Waals surface area (Å²) in [6, 6.07) is 7.86. The van der Waals surface area contributed by atoms with Gasteiger partial charge in [-0.25, -0.2) is 9.97 Å². The van der Waals surface area contributed by atoms with Crippen LogP contribution in [0.4, 0.5) is 11.6 Å². The molecule has 0 spiro atoms.